The Hall–Kier alpha value is -0.820. The zero-order chi connectivity index (χ0) is 11.6. The highest BCUT2D eigenvalue weighted by Crippen LogP contribution is 2.09. The van der Waals surface area contributed by atoms with Crippen molar-refractivity contribution in [1.29, 1.82) is 0 Å². The lowest BCUT2D eigenvalue weighted by Crippen LogP contribution is -1.97. The summed E-state index contributed by atoms with van der Waals surface area (Å²) in [6.07, 6.45) is 6.20. The molecule has 0 saturated heterocycles. The summed E-state index contributed by atoms with van der Waals surface area (Å²) in [5.41, 5.74) is 2.85. The number of aryl methyl sites for hydroxylation is 1. The zero-order valence-electron chi connectivity index (χ0n) is 10.7. The van der Waals surface area contributed by atoms with E-state index in [1.807, 2.05) is 6.92 Å². The number of hydrogen-bond donors (Lipinski definition) is 0. The first-order valence-corrected chi connectivity index (χ1v) is 6.52. The van der Waals surface area contributed by atoms with Crippen LogP contribution in [0.5, 0.6) is 0 Å². The van der Waals surface area contributed by atoms with Crippen LogP contribution in [0.4, 0.5) is 0 Å². The predicted molar refractivity (Wildman–Crippen MR) is 69.9 cm³/mol. The quantitative estimate of drug-likeness (QED) is 0.602. The second kappa shape index (κ2) is 8.35. The number of ether oxygens (including phenoxy) is 1. The molecule has 1 heteroatoms. The minimum Gasteiger partial charge on any atom is -0.381 e. The van der Waals surface area contributed by atoms with Crippen LogP contribution >= 0.6 is 0 Å². The van der Waals surface area contributed by atoms with E-state index in [1.54, 1.807) is 0 Å². The average molecular weight is 220 g/mol. The maximum atomic E-state index is 5.35. The SMILES string of the molecule is CCCCCc1ccc(CCOCC)cc1. The van der Waals surface area contributed by atoms with Gasteiger partial charge in [-0.3, -0.25) is 0 Å². The van der Waals surface area contributed by atoms with Crippen molar-refractivity contribution < 1.29 is 4.74 Å². The Labute approximate surface area is 99.8 Å². The van der Waals surface area contributed by atoms with Crippen molar-refractivity contribution in [2.45, 2.75) is 46.0 Å². The van der Waals surface area contributed by atoms with Crippen LogP contribution in [-0.2, 0) is 17.6 Å². The molecule has 0 amide bonds. The van der Waals surface area contributed by atoms with Gasteiger partial charge in [0.25, 0.3) is 0 Å². The van der Waals surface area contributed by atoms with E-state index in [0.29, 0.717) is 0 Å². The van der Waals surface area contributed by atoms with Crippen LogP contribution in [0.1, 0.15) is 44.2 Å². The monoisotopic (exact) mass is 220 g/mol. The van der Waals surface area contributed by atoms with E-state index < -0.39 is 0 Å². The minimum absolute atomic E-state index is 0.815. The summed E-state index contributed by atoms with van der Waals surface area (Å²) in [5, 5.41) is 0. The van der Waals surface area contributed by atoms with E-state index in [2.05, 4.69) is 31.2 Å². The van der Waals surface area contributed by atoms with Gasteiger partial charge in [-0.15, -0.1) is 0 Å². The third kappa shape index (κ3) is 5.32. The second-order valence-corrected chi connectivity index (χ2v) is 4.22. The molecule has 0 unspecified atom stereocenters. The third-order valence-electron chi connectivity index (χ3n) is 2.83. The Kier molecular flexibility index (Phi) is 6.91. The van der Waals surface area contributed by atoms with Crippen LogP contribution < -0.4 is 0 Å². The smallest absolute Gasteiger partial charge is 0.0506 e. The molecular weight excluding hydrogens is 196 g/mol. The fraction of sp³-hybridized carbons (Fsp3) is 0.600. The maximum absolute atomic E-state index is 5.35. The fourth-order valence-electron chi connectivity index (χ4n) is 1.79. The molecule has 0 radical (unpaired) electrons. The minimum atomic E-state index is 0.815. The lowest BCUT2D eigenvalue weighted by Gasteiger charge is -2.04. The molecule has 0 saturated carbocycles. The van der Waals surface area contributed by atoms with Gasteiger partial charge >= 0.3 is 0 Å². The maximum Gasteiger partial charge on any atom is 0.0506 e. The second-order valence-electron chi connectivity index (χ2n) is 4.22. The van der Waals surface area contributed by atoms with E-state index in [9.17, 15) is 0 Å². The number of hydrogen-bond acceptors (Lipinski definition) is 1. The summed E-state index contributed by atoms with van der Waals surface area (Å²) in [6, 6.07) is 8.99. The molecular formula is C15H24O. The number of benzene rings is 1. The van der Waals surface area contributed by atoms with Crippen molar-refractivity contribution in [3.8, 4) is 0 Å². The van der Waals surface area contributed by atoms with Crippen LogP contribution in [0.3, 0.4) is 0 Å². The van der Waals surface area contributed by atoms with Gasteiger partial charge in [0.15, 0.2) is 0 Å². The molecule has 1 aromatic rings. The van der Waals surface area contributed by atoms with Crippen molar-refractivity contribution in [3.63, 3.8) is 0 Å². The van der Waals surface area contributed by atoms with Gasteiger partial charge in [0.1, 0.15) is 0 Å². The van der Waals surface area contributed by atoms with Crippen LogP contribution in [0.2, 0.25) is 0 Å². The predicted octanol–water partition coefficient (Wildman–Crippen LogP) is 4.00. The molecule has 0 heterocycles. The molecule has 1 aromatic carbocycles. The van der Waals surface area contributed by atoms with Crippen LogP contribution in [0.15, 0.2) is 24.3 Å². The molecule has 0 N–H and O–H groups in total. The summed E-state index contributed by atoms with van der Waals surface area (Å²) in [4.78, 5) is 0. The topological polar surface area (TPSA) is 9.23 Å². The lowest BCUT2D eigenvalue weighted by molar-refractivity contribution is 0.151. The fourth-order valence-corrected chi connectivity index (χ4v) is 1.79. The summed E-state index contributed by atoms with van der Waals surface area (Å²) in [6.45, 7) is 5.94. The largest absolute Gasteiger partial charge is 0.381 e. The van der Waals surface area contributed by atoms with Crippen LogP contribution in [0, 0.1) is 0 Å². The van der Waals surface area contributed by atoms with E-state index in [4.69, 9.17) is 4.74 Å². The molecule has 0 fully saturated rings. The van der Waals surface area contributed by atoms with Gasteiger partial charge in [-0.05, 0) is 37.3 Å². The molecule has 1 nitrogen and oxygen atoms in total. The first-order chi connectivity index (χ1) is 7.86. The van der Waals surface area contributed by atoms with Gasteiger partial charge in [-0.25, -0.2) is 0 Å². The summed E-state index contributed by atoms with van der Waals surface area (Å²) >= 11 is 0. The third-order valence-corrected chi connectivity index (χ3v) is 2.83. The molecule has 0 bridgehead atoms. The Morgan fingerprint density at radius 3 is 2.06 bits per heavy atom. The average Bonchev–Trinajstić information content (AvgIpc) is 2.32. The first kappa shape index (κ1) is 13.2. The van der Waals surface area contributed by atoms with Gasteiger partial charge in [0, 0.05) is 6.61 Å². The standard InChI is InChI=1S/C15H24O/c1-3-5-6-7-14-8-10-15(11-9-14)12-13-16-4-2/h8-11H,3-7,12-13H2,1-2H3. The lowest BCUT2D eigenvalue weighted by atomic mass is 10.0. The van der Waals surface area contributed by atoms with Crippen molar-refractivity contribution in [2.75, 3.05) is 13.2 Å². The van der Waals surface area contributed by atoms with Crippen molar-refractivity contribution in [1.82, 2.24) is 0 Å². The van der Waals surface area contributed by atoms with E-state index >= 15 is 0 Å². The molecule has 0 aromatic heterocycles. The molecule has 0 atom stereocenters. The van der Waals surface area contributed by atoms with E-state index in [-0.39, 0.29) is 0 Å². The highest BCUT2D eigenvalue weighted by molar-refractivity contribution is 5.22. The number of rotatable bonds is 8. The summed E-state index contributed by atoms with van der Waals surface area (Å²) < 4.78 is 5.35. The zero-order valence-corrected chi connectivity index (χ0v) is 10.7. The summed E-state index contributed by atoms with van der Waals surface area (Å²) in [5.74, 6) is 0. The molecule has 16 heavy (non-hydrogen) atoms. The normalized spacial score (nSPS) is 10.6. The van der Waals surface area contributed by atoms with Crippen molar-refractivity contribution >= 4 is 0 Å². The Morgan fingerprint density at radius 2 is 1.50 bits per heavy atom. The van der Waals surface area contributed by atoms with Crippen molar-refractivity contribution in [3.05, 3.63) is 35.4 Å². The van der Waals surface area contributed by atoms with Gasteiger partial charge in [0.2, 0.25) is 0 Å². The molecule has 1 rings (SSSR count). The molecule has 90 valence electrons. The first-order valence-electron chi connectivity index (χ1n) is 6.52. The Morgan fingerprint density at radius 1 is 0.875 bits per heavy atom. The van der Waals surface area contributed by atoms with Gasteiger partial charge in [-0.1, -0.05) is 44.0 Å². The highest BCUT2D eigenvalue weighted by atomic mass is 16.5. The molecule has 0 spiro atoms. The van der Waals surface area contributed by atoms with Crippen molar-refractivity contribution in [2.24, 2.45) is 0 Å². The Balaban J connectivity index is 2.30. The Bertz CT molecular complexity index is 234. The van der Waals surface area contributed by atoms with Gasteiger partial charge < -0.3 is 4.74 Å². The van der Waals surface area contributed by atoms with Crippen LogP contribution in [0.25, 0.3) is 0 Å². The molecule has 0 aliphatic rings. The van der Waals surface area contributed by atoms with E-state index in [1.165, 1.54) is 36.8 Å². The molecule has 0 aliphatic carbocycles. The van der Waals surface area contributed by atoms with Gasteiger partial charge in [0.05, 0.1) is 6.61 Å². The van der Waals surface area contributed by atoms with Gasteiger partial charge in [-0.2, -0.15) is 0 Å². The summed E-state index contributed by atoms with van der Waals surface area (Å²) in [7, 11) is 0. The highest BCUT2D eigenvalue weighted by Gasteiger charge is 1.95. The van der Waals surface area contributed by atoms with Crippen LogP contribution in [-0.4, -0.2) is 13.2 Å². The van der Waals surface area contributed by atoms with E-state index in [0.717, 1.165) is 19.6 Å². The molecule has 0 aliphatic heterocycles. The number of unbranched alkanes of at least 4 members (excludes halogenated alkanes) is 2.